The van der Waals surface area contributed by atoms with Gasteiger partial charge in [0, 0.05) is 17.8 Å². The van der Waals surface area contributed by atoms with Gasteiger partial charge < -0.3 is 5.11 Å². The van der Waals surface area contributed by atoms with Crippen molar-refractivity contribution in [2.75, 3.05) is 0 Å². The minimum atomic E-state index is -0.255. The Labute approximate surface area is 96.4 Å². The average molecular weight is 220 g/mol. The fourth-order valence-electron chi connectivity index (χ4n) is 6.32. The van der Waals surface area contributed by atoms with Crippen LogP contribution < -0.4 is 0 Å². The van der Waals surface area contributed by atoms with Gasteiger partial charge in [-0.3, -0.25) is 4.79 Å². The molecular weight excluding hydrogens is 200 g/mol. The van der Waals surface area contributed by atoms with E-state index in [2.05, 4.69) is 20.8 Å². The number of carbonyl (C=O) groups is 1. The minimum Gasteiger partial charge on any atom is -0.392 e. The molecule has 2 heteroatoms. The van der Waals surface area contributed by atoms with Crippen molar-refractivity contribution in [3.8, 4) is 0 Å². The molecule has 0 aromatic heterocycles. The van der Waals surface area contributed by atoms with Crippen LogP contribution in [0, 0.1) is 34.0 Å². The number of aliphatic hydroxyl groups excluding tert-OH is 1. The Balaban J connectivity index is 1.89. The molecule has 0 unspecified atom stereocenters. The summed E-state index contributed by atoms with van der Waals surface area (Å²) in [6.07, 6.45) is 2.85. The van der Waals surface area contributed by atoms with Crippen LogP contribution in [0.5, 0.6) is 0 Å². The van der Waals surface area contributed by atoms with E-state index in [1.165, 1.54) is 6.42 Å². The van der Waals surface area contributed by atoms with Crippen LogP contribution in [0.25, 0.3) is 0 Å². The van der Waals surface area contributed by atoms with Crippen molar-refractivity contribution in [2.24, 2.45) is 34.0 Å². The van der Waals surface area contributed by atoms with Gasteiger partial charge in [0.2, 0.25) is 0 Å². The maximum Gasteiger partial charge on any atom is 0.137 e. The summed E-state index contributed by atoms with van der Waals surface area (Å²) in [5.41, 5.74) is 0.182. The van der Waals surface area contributed by atoms with E-state index >= 15 is 0 Å². The van der Waals surface area contributed by atoms with Gasteiger partial charge in [0.05, 0.1) is 6.10 Å². The van der Waals surface area contributed by atoms with E-state index < -0.39 is 0 Å². The van der Waals surface area contributed by atoms with Gasteiger partial charge >= 0.3 is 0 Å². The van der Waals surface area contributed by atoms with Crippen molar-refractivity contribution >= 4 is 5.78 Å². The Kier molecular flexibility index (Phi) is 1.29. The summed E-state index contributed by atoms with van der Waals surface area (Å²) in [4.78, 5) is 12.1. The Morgan fingerprint density at radius 2 is 1.94 bits per heavy atom. The predicted octanol–water partition coefficient (Wildman–Crippen LogP) is 2.01. The SMILES string of the molecule is CC1(C)C[C@H]2C[C@@H]3CC(=O)[C@H]4[C@]3(C)[C@@]24[C@@H]1O. The lowest BCUT2D eigenvalue weighted by molar-refractivity contribution is -0.121. The lowest BCUT2D eigenvalue weighted by atomic mass is 9.79. The maximum absolute atomic E-state index is 12.1. The number of carbonyl (C=O) groups excluding carboxylic acids is 1. The molecule has 0 bridgehead atoms. The Morgan fingerprint density at radius 3 is 2.56 bits per heavy atom. The standard InChI is InChI=1S/C14H20O2/c1-12(2)6-8-4-7-5-9(15)10-13(7,3)14(8,10)11(12)16/h7-8,10-11,16H,4-6H2,1-3H3/t7-,8-,10+,11-,13-,14+/m1/s1. The van der Waals surface area contributed by atoms with E-state index in [4.69, 9.17) is 0 Å². The molecule has 1 spiro atoms. The first kappa shape index (κ1) is 9.64. The molecular formula is C14H20O2. The highest BCUT2D eigenvalue weighted by molar-refractivity contribution is 5.91. The van der Waals surface area contributed by atoms with Crippen molar-refractivity contribution in [3.63, 3.8) is 0 Å². The molecule has 88 valence electrons. The molecule has 0 radical (unpaired) electrons. The maximum atomic E-state index is 12.1. The first-order valence-electron chi connectivity index (χ1n) is 6.57. The van der Waals surface area contributed by atoms with E-state index in [0.717, 1.165) is 12.8 Å². The number of aliphatic hydroxyl groups is 1. The van der Waals surface area contributed by atoms with Gasteiger partial charge in [-0.15, -0.1) is 0 Å². The normalized spacial score (nSPS) is 64.6. The molecule has 6 atom stereocenters. The van der Waals surface area contributed by atoms with Crippen molar-refractivity contribution in [1.29, 1.82) is 0 Å². The Hall–Kier alpha value is -0.370. The van der Waals surface area contributed by atoms with Crippen LogP contribution in [0.2, 0.25) is 0 Å². The largest absolute Gasteiger partial charge is 0.392 e. The molecule has 0 heterocycles. The van der Waals surface area contributed by atoms with Crippen molar-refractivity contribution in [1.82, 2.24) is 0 Å². The molecule has 16 heavy (non-hydrogen) atoms. The minimum absolute atomic E-state index is 0.00347. The summed E-state index contributed by atoms with van der Waals surface area (Å²) in [6.45, 7) is 6.61. The van der Waals surface area contributed by atoms with Crippen LogP contribution in [0.15, 0.2) is 0 Å². The number of Topliss-reactive ketones (excluding diaryl/α,β-unsaturated/α-hetero) is 1. The van der Waals surface area contributed by atoms with Crippen LogP contribution in [-0.2, 0) is 4.79 Å². The first-order valence-corrected chi connectivity index (χ1v) is 6.57. The molecule has 4 rings (SSSR count). The van der Waals surface area contributed by atoms with Crippen molar-refractivity contribution < 1.29 is 9.90 Å². The third kappa shape index (κ3) is 0.611. The molecule has 1 N–H and O–H groups in total. The van der Waals surface area contributed by atoms with Crippen LogP contribution >= 0.6 is 0 Å². The van der Waals surface area contributed by atoms with Gasteiger partial charge in [0.25, 0.3) is 0 Å². The van der Waals surface area contributed by atoms with Gasteiger partial charge in [-0.1, -0.05) is 20.8 Å². The molecule has 4 aliphatic rings. The van der Waals surface area contributed by atoms with Crippen molar-refractivity contribution in [3.05, 3.63) is 0 Å². The molecule has 2 nitrogen and oxygen atoms in total. The zero-order chi connectivity index (χ0) is 11.5. The Morgan fingerprint density at radius 1 is 1.25 bits per heavy atom. The topological polar surface area (TPSA) is 37.3 Å². The molecule has 0 amide bonds. The van der Waals surface area contributed by atoms with E-state index in [9.17, 15) is 9.90 Å². The lowest BCUT2D eigenvalue weighted by Crippen LogP contribution is -2.34. The van der Waals surface area contributed by atoms with Gasteiger partial charge in [-0.05, 0) is 35.5 Å². The molecule has 4 saturated carbocycles. The summed E-state index contributed by atoms with van der Waals surface area (Å²) in [5, 5.41) is 10.7. The second kappa shape index (κ2) is 2.14. The van der Waals surface area contributed by atoms with Gasteiger partial charge in [0.15, 0.2) is 0 Å². The van der Waals surface area contributed by atoms with Crippen molar-refractivity contribution in [2.45, 2.75) is 46.1 Å². The predicted molar refractivity (Wildman–Crippen MR) is 59.7 cm³/mol. The fraction of sp³-hybridized carbons (Fsp3) is 0.929. The van der Waals surface area contributed by atoms with E-state index in [0.29, 0.717) is 17.6 Å². The summed E-state index contributed by atoms with van der Waals surface area (Å²) < 4.78 is 0. The quantitative estimate of drug-likeness (QED) is 0.678. The van der Waals surface area contributed by atoms with Crippen LogP contribution in [0.3, 0.4) is 0 Å². The molecule has 0 aliphatic heterocycles. The zero-order valence-corrected chi connectivity index (χ0v) is 10.3. The second-order valence-corrected chi connectivity index (χ2v) is 7.54. The third-order valence-corrected chi connectivity index (χ3v) is 6.75. The van der Waals surface area contributed by atoms with Gasteiger partial charge in [-0.2, -0.15) is 0 Å². The zero-order valence-electron chi connectivity index (χ0n) is 10.3. The highest BCUT2D eigenvalue weighted by Gasteiger charge is 2.92. The van der Waals surface area contributed by atoms with Crippen LogP contribution in [0.1, 0.15) is 40.0 Å². The first-order chi connectivity index (χ1) is 7.36. The monoisotopic (exact) mass is 220 g/mol. The number of hydrogen-bond acceptors (Lipinski definition) is 2. The van der Waals surface area contributed by atoms with Gasteiger partial charge in [-0.25, -0.2) is 0 Å². The summed E-state index contributed by atoms with van der Waals surface area (Å²) >= 11 is 0. The highest BCUT2D eigenvalue weighted by Crippen LogP contribution is 2.91. The van der Waals surface area contributed by atoms with E-state index in [-0.39, 0.29) is 28.3 Å². The number of hydrogen-bond donors (Lipinski definition) is 1. The molecule has 0 saturated heterocycles. The number of ketones is 1. The second-order valence-electron chi connectivity index (χ2n) is 7.54. The van der Waals surface area contributed by atoms with Crippen LogP contribution in [0.4, 0.5) is 0 Å². The Bertz CT molecular complexity index is 413. The molecule has 0 aromatic rings. The van der Waals surface area contributed by atoms with E-state index in [1.54, 1.807) is 0 Å². The van der Waals surface area contributed by atoms with E-state index in [1.807, 2.05) is 0 Å². The smallest absolute Gasteiger partial charge is 0.137 e. The summed E-state index contributed by atoms with van der Waals surface area (Å²) in [7, 11) is 0. The third-order valence-electron chi connectivity index (χ3n) is 6.75. The highest BCUT2D eigenvalue weighted by atomic mass is 16.3. The molecule has 0 aromatic carbocycles. The van der Waals surface area contributed by atoms with Crippen LogP contribution in [-0.4, -0.2) is 17.0 Å². The summed E-state index contributed by atoms with van der Waals surface area (Å²) in [6, 6.07) is 0. The molecule has 4 fully saturated rings. The number of rotatable bonds is 0. The molecule has 4 aliphatic carbocycles. The van der Waals surface area contributed by atoms with Gasteiger partial charge in [0.1, 0.15) is 5.78 Å². The average Bonchev–Trinajstić information content (AvgIpc) is 2.52. The fourth-order valence-corrected chi connectivity index (χ4v) is 6.32. The summed E-state index contributed by atoms with van der Waals surface area (Å²) in [5.74, 6) is 1.86. The lowest BCUT2D eigenvalue weighted by Gasteiger charge is -2.29.